The number of carbonyl (C=O) groups excluding carboxylic acids is 1. The van der Waals surface area contributed by atoms with Gasteiger partial charge in [-0.15, -0.1) is 0 Å². The number of fused-ring (bicyclic) bond motifs is 1. The van der Waals surface area contributed by atoms with Gasteiger partial charge in [0.2, 0.25) is 0 Å². The second kappa shape index (κ2) is 16.4. The van der Waals surface area contributed by atoms with Crippen molar-refractivity contribution >= 4 is 21.6 Å². The summed E-state index contributed by atoms with van der Waals surface area (Å²) < 4.78 is 81.9. The van der Waals surface area contributed by atoms with E-state index in [2.05, 4.69) is 9.71 Å². The summed E-state index contributed by atoms with van der Waals surface area (Å²) in [6, 6.07) is 9.00. The average Bonchev–Trinajstić information content (AvgIpc) is 3.49. The molecule has 0 aliphatic carbocycles. The number of ether oxygens (including phenoxy) is 2. The third kappa shape index (κ3) is 10.4. The van der Waals surface area contributed by atoms with Gasteiger partial charge >= 0.3 is 6.18 Å². The SMILES string of the molecule is C[C@H](CO)N1C[C@H](C)[C@@H](CN(C)Cc2ccc(C(F)(F)F)cc2)OCCCC[C@H](C)Oc2ccc(NS(=O)(=O)c3cn(C)cn3)cc2C1=O. The Morgan fingerprint density at radius 1 is 1.14 bits per heavy atom. The summed E-state index contributed by atoms with van der Waals surface area (Å²) in [7, 11) is -0.534. The number of benzene rings is 2. The lowest BCUT2D eigenvalue weighted by Crippen LogP contribution is -2.47. The van der Waals surface area contributed by atoms with E-state index in [0.29, 0.717) is 31.9 Å². The molecule has 49 heavy (non-hydrogen) atoms. The van der Waals surface area contributed by atoms with E-state index in [1.165, 1.54) is 46.3 Å². The number of aryl methyl sites for hydroxylation is 1. The molecular formula is C34H46F3N5O6S. The average molecular weight is 710 g/mol. The van der Waals surface area contributed by atoms with Gasteiger partial charge in [-0.25, -0.2) is 4.98 Å². The summed E-state index contributed by atoms with van der Waals surface area (Å²) in [4.78, 5) is 21.8. The minimum Gasteiger partial charge on any atom is -0.490 e. The van der Waals surface area contributed by atoms with Crippen LogP contribution >= 0.6 is 0 Å². The molecule has 0 bridgehead atoms. The first kappa shape index (κ1) is 38.1. The van der Waals surface area contributed by atoms with Gasteiger partial charge in [0.25, 0.3) is 15.9 Å². The van der Waals surface area contributed by atoms with Crippen LogP contribution in [0.4, 0.5) is 18.9 Å². The number of anilines is 1. The molecule has 0 saturated carbocycles. The van der Waals surface area contributed by atoms with Crippen LogP contribution in [0, 0.1) is 5.92 Å². The van der Waals surface area contributed by atoms with Crippen molar-refractivity contribution in [1.29, 1.82) is 0 Å². The number of nitrogens with zero attached hydrogens (tertiary/aromatic N) is 4. The number of amides is 1. The lowest BCUT2D eigenvalue weighted by Gasteiger charge is -2.36. The number of nitrogens with one attached hydrogen (secondary N) is 1. The number of hydrogen-bond acceptors (Lipinski definition) is 8. The lowest BCUT2D eigenvalue weighted by molar-refractivity contribution is -0.137. The van der Waals surface area contributed by atoms with Gasteiger partial charge in [0.15, 0.2) is 5.03 Å². The highest BCUT2D eigenvalue weighted by molar-refractivity contribution is 7.92. The molecule has 0 fully saturated rings. The Morgan fingerprint density at radius 3 is 2.49 bits per heavy atom. The van der Waals surface area contributed by atoms with E-state index in [1.807, 2.05) is 25.8 Å². The van der Waals surface area contributed by atoms with Crippen molar-refractivity contribution in [2.24, 2.45) is 13.0 Å². The first-order valence-electron chi connectivity index (χ1n) is 16.3. The van der Waals surface area contributed by atoms with Crippen molar-refractivity contribution in [3.63, 3.8) is 0 Å². The van der Waals surface area contributed by atoms with Crippen LogP contribution in [0.1, 0.15) is 61.5 Å². The molecule has 2 N–H and O–H groups in total. The summed E-state index contributed by atoms with van der Waals surface area (Å²) in [5.41, 5.74) is 0.291. The lowest BCUT2D eigenvalue weighted by atomic mass is 10.0. The molecule has 0 saturated heterocycles. The zero-order valence-corrected chi connectivity index (χ0v) is 29.3. The van der Waals surface area contributed by atoms with Crippen LogP contribution in [0.3, 0.4) is 0 Å². The number of rotatable bonds is 9. The van der Waals surface area contributed by atoms with E-state index in [9.17, 15) is 31.5 Å². The molecule has 4 rings (SSSR count). The third-order valence-corrected chi connectivity index (χ3v) is 9.75. The zero-order chi connectivity index (χ0) is 35.9. The molecule has 1 amide bonds. The van der Waals surface area contributed by atoms with Crippen molar-refractivity contribution < 1.29 is 41.0 Å². The van der Waals surface area contributed by atoms with Gasteiger partial charge < -0.3 is 24.0 Å². The largest absolute Gasteiger partial charge is 0.490 e. The Hall–Kier alpha value is -3.66. The Labute approximate surface area is 286 Å². The maximum absolute atomic E-state index is 14.3. The molecule has 0 unspecified atom stereocenters. The highest BCUT2D eigenvalue weighted by Gasteiger charge is 2.32. The van der Waals surface area contributed by atoms with Crippen LogP contribution in [0.5, 0.6) is 5.75 Å². The van der Waals surface area contributed by atoms with Gasteiger partial charge in [-0.3, -0.25) is 14.4 Å². The molecule has 15 heteroatoms. The summed E-state index contributed by atoms with van der Waals surface area (Å²) >= 11 is 0. The molecule has 1 aromatic heterocycles. The first-order valence-corrected chi connectivity index (χ1v) is 17.7. The van der Waals surface area contributed by atoms with Gasteiger partial charge in [-0.2, -0.15) is 21.6 Å². The van der Waals surface area contributed by atoms with Gasteiger partial charge in [0.1, 0.15) is 5.75 Å². The molecule has 0 spiro atoms. The van der Waals surface area contributed by atoms with E-state index in [4.69, 9.17) is 9.47 Å². The number of sulfonamides is 1. The van der Waals surface area contributed by atoms with E-state index >= 15 is 0 Å². The zero-order valence-electron chi connectivity index (χ0n) is 28.5. The minimum atomic E-state index is -4.41. The Bertz CT molecular complexity index is 1650. The molecule has 1 aliphatic rings. The standard InChI is InChI=1S/C34H46F3N5O6S/c1-23-17-42(24(2)21-43)33(44)29-16-28(39-49(45,46)32-20-41(5)22-38-32)13-14-30(29)48-25(3)8-6-7-15-47-31(23)19-40(4)18-26-9-11-27(12-10-26)34(35,36)37/h9-14,16,20,22-25,31,39,43H,6-8,15,17-19,21H2,1-5H3/t23-,24+,25-,31+/m0/s1. The smallest absolute Gasteiger partial charge is 0.416 e. The summed E-state index contributed by atoms with van der Waals surface area (Å²) in [6.45, 7) is 6.73. The van der Waals surface area contributed by atoms with E-state index in [1.54, 1.807) is 20.0 Å². The van der Waals surface area contributed by atoms with Crippen LogP contribution in [0.15, 0.2) is 60.0 Å². The summed E-state index contributed by atoms with van der Waals surface area (Å²) in [5.74, 6) is -0.393. The van der Waals surface area contributed by atoms with Gasteiger partial charge in [0.05, 0.1) is 42.3 Å². The van der Waals surface area contributed by atoms with Crippen molar-refractivity contribution in [3.05, 3.63) is 71.7 Å². The second-order valence-corrected chi connectivity index (χ2v) is 14.5. The maximum Gasteiger partial charge on any atom is 0.416 e. The van der Waals surface area contributed by atoms with Crippen LogP contribution in [0.2, 0.25) is 0 Å². The fraction of sp³-hybridized carbons (Fsp3) is 0.529. The van der Waals surface area contributed by atoms with Crippen molar-refractivity contribution in [2.45, 2.75) is 76.0 Å². The predicted octanol–water partition coefficient (Wildman–Crippen LogP) is 5.17. The van der Waals surface area contributed by atoms with E-state index in [-0.39, 0.29) is 47.6 Å². The van der Waals surface area contributed by atoms with Crippen LogP contribution < -0.4 is 9.46 Å². The Morgan fingerprint density at radius 2 is 1.86 bits per heavy atom. The molecular weight excluding hydrogens is 663 g/mol. The Kier molecular flexibility index (Phi) is 12.7. The van der Waals surface area contributed by atoms with Crippen molar-refractivity contribution in [2.75, 3.05) is 38.1 Å². The number of likely N-dealkylation sites (N-methyl/N-ethyl adjacent to an activating group) is 1. The second-order valence-electron chi connectivity index (χ2n) is 12.9. The molecule has 2 aromatic carbocycles. The van der Waals surface area contributed by atoms with E-state index in [0.717, 1.165) is 30.5 Å². The highest BCUT2D eigenvalue weighted by Crippen LogP contribution is 2.31. The van der Waals surface area contributed by atoms with Gasteiger partial charge in [-0.1, -0.05) is 19.1 Å². The molecule has 3 aromatic rings. The highest BCUT2D eigenvalue weighted by atomic mass is 32.2. The molecule has 0 radical (unpaired) electrons. The van der Waals surface area contributed by atoms with Crippen LogP contribution in [-0.4, -0.2) is 90.4 Å². The number of aliphatic hydroxyl groups excluding tert-OH is 1. The molecule has 1 aliphatic heterocycles. The Balaban J connectivity index is 1.60. The van der Waals surface area contributed by atoms with Gasteiger partial charge in [0, 0.05) is 51.1 Å². The molecule has 4 atom stereocenters. The number of aliphatic hydroxyl groups is 1. The fourth-order valence-corrected chi connectivity index (χ4v) is 6.70. The number of carbonyl (C=O) groups is 1. The minimum absolute atomic E-state index is 0.134. The summed E-state index contributed by atoms with van der Waals surface area (Å²) in [6.07, 6.45) is -0.0614. The number of halogens is 3. The summed E-state index contributed by atoms with van der Waals surface area (Å²) in [5, 5.41) is 10.0. The number of imidazole rings is 1. The van der Waals surface area contributed by atoms with Crippen LogP contribution in [-0.2, 0) is 34.5 Å². The van der Waals surface area contributed by atoms with Crippen molar-refractivity contribution in [3.8, 4) is 5.75 Å². The molecule has 2 heterocycles. The van der Waals surface area contributed by atoms with Gasteiger partial charge in [-0.05, 0) is 76.1 Å². The van der Waals surface area contributed by atoms with Crippen LogP contribution in [0.25, 0.3) is 0 Å². The quantitative estimate of drug-likeness (QED) is 0.312. The fourth-order valence-electron chi connectivity index (χ4n) is 5.67. The normalized spacial score (nSPS) is 20.7. The molecule has 270 valence electrons. The monoisotopic (exact) mass is 709 g/mol. The number of hydrogen-bond donors (Lipinski definition) is 2. The number of aromatic nitrogens is 2. The van der Waals surface area contributed by atoms with E-state index < -0.39 is 33.7 Å². The number of alkyl halides is 3. The molecule has 11 nitrogen and oxygen atoms in total. The topological polar surface area (TPSA) is 126 Å². The maximum atomic E-state index is 14.3. The van der Waals surface area contributed by atoms with Crippen molar-refractivity contribution in [1.82, 2.24) is 19.4 Å². The predicted molar refractivity (Wildman–Crippen MR) is 179 cm³/mol. The first-order chi connectivity index (χ1) is 23.1. The third-order valence-electron chi connectivity index (χ3n) is 8.49.